The second-order valence-electron chi connectivity index (χ2n) is 4.44. The minimum atomic E-state index is -0.553. The summed E-state index contributed by atoms with van der Waals surface area (Å²) in [7, 11) is 0. The van der Waals surface area contributed by atoms with E-state index in [1.54, 1.807) is 0 Å². The van der Waals surface area contributed by atoms with Gasteiger partial charge in [-0.25, -0.2) is 8.78 Å². The lowest BCUT2D eigenvalue weighted by Gasteiger charge is -2.16. The summed E-state index contributed by atoms with van der Waals surface area (Å²) in [6, 6.07) is 11.3. The summed E-state index contributed by atoms with van der Waals surface area (Å²) >= 11 is 0. The van der Waals surface area contributed by atoms with Crippen LogP contribution in [0.1, 0.15) is 24.1 Å². The SMILES string of the molecule is Cc1cccc(NC(C)c2cc(F)cc(F)c2)c1. The summed E-state index contributed by atoms with van der Waals surface area (Å²) in [6.45, 7) is 3.87. The molecule has 0 heterocycles. The Bertz CT molecular complexity index is 532. The molecule has 18 heavy (non-hydrogen) atoms. The van der Waals surface area contributed by atoms with Gasteiger partial charge in [0.15, 0.2) is 0 Å². The van der Waals surface area contributed by atoms with Crippen molar-refractivity contribution in [1.82, 2.24) is 0 Å². The Labute approximate surface area is 105 Å². The number of benzene rings is 2. The largest absolute Gasteiger partial charge is 0.379 e. The van der Waals surface area contributed by atoms with Crippen molar-refractivity contribution in [1.29, 1.82) is 0 Å². The van der Waals surface area contributed by atoms with Gasteiger partial charge in [0.05, 0.1) is 0 Å². The third kappa shape index (κ3) is 3.06. The van der Waals surface area contributed by atoms with E-state index >= 15 is 0 Å². The fraction of sp³-hybridized carbons (Fsp3) is 0.200. The van der Waals surface area contributed by atoms with Crippen molar-refractivity contribution in [3.8, 4) is 0 Å². The van der Waals surface area contributed by atoms with Gasteiger partial charge in [-0.05, 0) is 49.2 Å². The molecule has 0 amide bonds. The molecule has 0 saturated heterocycles. The Hall–Kier alpha value is -1.90. The second-order valence-corrected chi connectivity index (χ2v) is 4.44. The van der Waals surface area contributed by atoms with Crippen LogP contribution in [0.5, 0.6) is 0 Å². The van der Waals surface area contributed by atoms with Gasteiger partial charge in [0, 0.05) is 17.8 Å². The Morgan fingerprint density at radius 1 is 1.00 bits per heavy atom. The standard InChI is InChI=1S/C15H15F2N/c1-10-4-3-5-15(6-10)18-11(2)12-7-13(16)9-14(17)8-12/h3-9,11,18H,1-2H3. The highest BCUT2D eigenvalue weighted by Gasteiger charge is 2.08. The van der Waals surface area contributed by atoms with Crippen LogP contribution in [0.25, 0.3) is 0 Å². The molecule has 1 N–H and O–H groups in total. The number of halogens is 2. The van der Waals surface area contributed by atoms with E-state index in [0.29, 0.717) is 5.56 Å². The molecular weight excluding hydrogens is 232 g/mol. The van der Waals surface area contributed by atoms with Crippen molar-refractivity contribution in [3.05, 3.63) is 65.2 Å². The van der Waals surface area contributed by atoms with Gasteiger partial charge in [-0.15, -0.1) is 0 Å². The minimum absolute atomic E-state index is 0.156. The van der Waals surface area contributed by atoms with E-state index in [0.717, 1.165) is 17.3 Å². The van der Waals surface area contributed by atoms with Crippen LogP contribution in [0.15, 0.2) is 42.5 Å². The summed E-state index contributed by atoms with van der Waals surface area (Å²) in [5, 5.41) is 3.22. The second kappa shape index (κ2) is 5.17. The number of anilines is 1. The Morgan fingerprint density at radius 3 is 2.28 bits per heavy atom. The molecule has 0 aliphatic rings. The number of hydrogen-bond donors (Lipinski definition) is 1. The average Bonchev–Trinajstić information content (AvgIpc) is 2.27. The fourth-order valence-corrected chi connectivity index (χ4v) is 1.89. The molecule has 1 atom stereocenters. The molecule has 2 aromatic carbocycles. The summed E-state index contributed by atoms with van der Waals surface area (Å²) < 4.78 is 26.2. The molecule has 0 aromatic heterocycles. The lowest BCUT2D eigenvalue weighted by molar-refractivity contribution is 0.577. The summed E-state index contributed by atoms with van der Waals surface area (Å²) in [4.78, 5) is 0. The third-order valence-corrected chi connectivity index (χ3v) is 2.79. The predicted octanol–water partition coefficient (Wildman–Crippen LogP) is 4.45. The molecule has 3 heteroatoms. The number of rotatable bonds is 3. The third-order valence-electron chi connectivity index (χ3n) is 2.79. The zero-order valence-electron chi connectivity index (χ0n) is 10.4. The average molecular weight is 247 g/mol. The maximum Gasteiger partial charge on any atom is 0.126 e. The van der Waals surface area contributed by atoms with E-state index in [-0.39, 0.29) is 6.04 Å². The van der Waals surface area contributed by atoms with Crippen molar-refractivity contribution < 1.29 is 8.78 Å². The smallest absolute Gasteiger partial charge is 0.126 e. The van der Waals surface area contributed by atoms with Crippen LogP contribution < -0.4 is 5.32 Å². The lowest BCUT2D eigenvalue weighted by Crippen LogP contribution is -2.07. The highest BCUT2D eigenvalue weighted by atomic mass is 19.1. The van der Waals surface area contributed by atoms with Crippen molar-refractivity contribution in [2.75, 3.05) is 5.32 Å². The van der Waals surface area contributed by atoms with Crippen LogP contribution in [0.3, 0.4) is 0 Å². The van der Waals surface area contributed by atoms with Crippen LogP contribution in [-0.4, -0.2) is 0 Å². The predicted molar refractivity (Wildman–Crippen MR) is 69.6 cm³/mol. The van der Waals surface area contributed by atoms with Crippen molar-refractivity contribution >= 4 is 5.69 Å². The topological polar surface area (TPSA) is 12.0 Å². The molecule has 94 valence electrons. The van der Waals surface area contributed by atoms with E-state index in [4.69, 9.17) is 0 Å². The number of aryl methyl sites for hydroxylation is 1. The van der Waals surface area contributed by atoms with E-state index < -0.39 is 11.6 Å². The van der Waals surface area contributed by atoms with Gasteiger partial charge in [0.25, 0.3) is 0 Å². The van der Waals surface area contributed by atoms with Gasteiger partial charge in [0.2, 0.25) is 0 Å². The molecule has 1 nitrogen and oxygen atoms in total. The summed E-state index contributed by atoms with van der Waals surface area (Å²) in [6.07, 6.45) is 0. The first-order valence-corrected chi connectivity index (χ1v) is 5.84. The van der Waals surface area contributed by atoms with E-state index in [9.17, 15) is 8.78 Å². The molecule has 0 radical (unpaired) electrons. The van der Waals surface area contributed by atoms with Crippen LogP contribution in [0.2, 0.25) is 0 Å². The van der Waals surface area contributed by atoms with E-state index in [1.807, 2.05) is 38.1 Å². The minimum Gasteiger partial charge on any atom is -0.379 e. The van der Waals surface area contributed by atoms with Gasteiger partial charge >= 0.3 is 0 Å². The van der Waals surface area contributed by atoms with Crippen LogP contribution >= 0.6 is 0 Å². The van der Waals surface area contributed by atoms with Gasteiger partial charge in [0.1, 0.15) is 11.6 Å². The molecule has 0 saturated carbocycles. The number of nitrogens with one attached hydrogen (secondary N) is 1. The maximum atomic E-state index is 13.1. The lowest BCUT2D eigenvalue weighted by atomic mass is 10.1. The first kappa shape index (κ1) is 12.6. The fourth-order valence-electron chi connectivity index (χ4n) is 1.89. The molecule has 2 aromatic rings. The van der Waals surface area contributed by atoms with Crippen LogP contribution in [0, 0.1) is 18.6 Å². The quantitative estimate of drug-likeness (QED) is 0.845. The van der Waals surface area contributed by atoms with Gasteiger partial charge in [-0.3, -0.25) is 0 Å². The zero-order chi connectivity index (χ0) is 13.1. The molecular formula is C15H15F2N. The van der Waals surface area contributed by atoms with Gasteiger partial charge in [-0.1, -0.05) is 12.1 Å². The van der Waals surface area contributed by atoms with Crippen LogP contribution in [-0.2, 0) is 0 Å². The van der Waals surface area contributed by atoms with Crippen LogP contribution in [0.4, 0.5) is 14.5 Å². The Morgan fingerprint density at radius 2 is 1.67 bits per heavy atom. The molecule has 1 unspecified atom stereocenters. The molecule has 0 fully saturated rings. The van der Waals surface area contributed by atoms with Crippen molar-refractivity contribution in [2.24, 2.45) is 0 Å². The molecule has 0 spiro atoms. The first-order chi connectivity index (χ1) is 8.54. The Kier molecular flexibility index (Phi) is 3.60. The molecule has 2 rings (SSSR count). The summed E-state index contributed by atoms with van der Waals surface area (Å²) in [5.41, 5.74) is 2.67. The van der Waals surface area contributed by atoms with Gasteiger partial charge < -0.3 is 5.32 Å². The Balaban J connectivity index is 2.19. The number of hydrogen-bond acceptors (Lipinski definition) is 1. The normalized spacial score (nSPS) is 12.2. The van der Waals surface area contributed by atoms with E-state index in [2.05, 4.69) is 5.32 Å². The summed E-state index contributed by atoms with van der Waals surface area (Å²) in [5.74, 6) is -1.11. The molecule has 0 aliphatic carbocycles. The van der Waals surface area contributed by atoms with Crippen molar-refractivity contribution in [2.45, 2.75) is 19.9 Å². The molecule has 0 bridgehead atoms. The maximum absolute atomic E-state index is 13.1. The zero-order valence-corrected chi connectivity index (χ0v) is 10.4. The molecule has 0 aliphatic heterocycles. The first-order valence-electron chi connectivity index (χ1n) is 5.84. The monoisotopic (exact) mass is 247 g/mol. The highest BCUT2D eigenvalue weighted by molar-refractivity contribution is 5.47. The van der Waals surface area contributed by atoms with E-state index in [1.165, 1.54) is 12.1 Å². The van der Waals surface area contributed by atoms with Crippen molar-refractivity contribution in [3.63, 3.8) is 0 Å². The van der Waals surface area contributed by atoms with Gasteiger partial charge in [-0.2, -0.15) is 0 Å². The highest BCUT2D eigenvalue weighted by Crippen LogP contribution is 2.21.